The van der Waals surface area contributed by atoms with Crippen LogP contribution in [-0.4, -0.2) is 51.6 Å². The molecule has 0 radical (unpaired) electrons. The third-order valence-electron chi connectivity index (χ3n) is 5.78. The van der Waals surface area contributed by atoms with Gasteiger partial charge in [-0.2, -0.15) is 0 Å². The van der Waals surface area contributed by atoms with Gasteiger partial charge in [-0.25, -0.2) is 27.2 Å². The minimum atomic E-state index is -4.07. The molecular formula is C21H24F2N6O3S. The van der Waals surface area contributed by atoms with E-state index in [0.717, 1.165) is 22.3 Å². The molecule has 1 aromatic carbocycles. The Bertz CT molecular complexity index is 1220. The molecule has 4 rings (SSSR count). The SMILES string of the molecule is Cc1cnc(C(C)C(C)S(=O)(=O)Nc2nnc([C@@H]3CCOC3)n2-c2c(F)cccc2F)nc1. The predicted molar refractivity (Wildman–Crippen MR) is 117 cm³/mol. The van der Waals surface area contributed by atoms with E-state index >= 15 is 0 Å². The Hall–Kier alpha value is -2.99. The lowest BCUT2D eigenvalue weighted by Gasteiger charge is -2.21. The quantitative estimate of drug-likeness (QED) is 0.555. The number of sulfonamides is 1. The average molecular weight is 479 g/mol. The molecule has 3 atom stereocenters. The third-order valence-corrected chi connectivity index (χ3v) is 7.63. The van der Waals surface area contributed by atoms with Gasteiger partial charge in [-0.05, 0) is 38.0 Å². The highest BCUT2D eigenvalue weighted by Crippen LogP contribution is 2.32. The van der Waals surface area contributed by atoms with Crippen LogP contribution in [0.1, 0.15) is 49.3 Å². The van der Waals surface area contributed by atoms with Gasteiger partial charge < -0.3 is 4.74 Å². The summed E-state index contributed by atoms with van der Waals surface area (Å²) in [7, 11) is -4.07. The van der Waals surface area contributed by atoms with E-state index in [-0.39, 0.29) is 17.7 Å². The van der Waals surface area contributed by atoms with Crippen molar-refractivity contribution >= 4 is 16.0 Å². The average Bonchev–Trinajstić information content (AvgIpc) is 3.43. The molecule has 0 saturated carbocycles. The van der Waals surface area contributed by atoms with E-state index in [2.05, 4.69) is 24.9 Å². The van der Waals surface area contributed by atoms with E-state index in [1.807, 2.05) is 6.92 Å². The molecule has 3 heterocycles. The molecule has 0 bridgehead atoms. The Morgan fingerprint density at radius 2 is 1.82 bits per heavy atom. The fourth-order valence-electron chi connectivity index (χ4n) is 3.62. The standard InChI is InChI=1S/C21H24F2N6O3S/c1-12-9-24-19(25-10-12)13(2)14(3)33(30,31)28-21-27-26-20(15-7-8-32-11-15)29(21)18-16(22)5-4-6-17(18)23/h4-6,9-10,13-15H,7-8,11H2,1-3H3,(H,27,28)/t13?,14?,15-/m1/s1. The number of hydrogen-bond donors (Lipinski definition) is 1. The van der Waals surface area contributed by atoms with Crippen molar-refractivity contribution in [2.24, 2.45) is 0 Å². The lowest BCUT2D eigenvalue weighted by atomic mass is 10.1. The van der Waals surface area contributed by atoms with Crippen LogP contribution in [0.2, 0.25) is 0 Å². The molecule has 9 nitrogen and oxygen atoms in total. The van der Waals surface area contributed by atoms with Crippen molar-refractivity contribution in [3.8, 4) is 5.69 Å². The van der Waals surface area contributed by atoms with E-state index < -0.39 is 38.5 Å². The van der Waals surface area contributed by atoms with Gasteiger partial charge in [-0.1, -0.05) is 13.0 Å². The lowest BCUT2D eigenvalue weighted by molar-refractivity contribution is 0.193. The van der Waals surface area contributed by atoms with E-state index in [1.165, 1.54) is 13.0 Å². The maximum Gasteiger partial charge on any atom is 0.243 e. The Balaban J connectivity index is 1.72. The summed E-state index contributed by atoms with van der Waals surface area (Å²) in [4.78, 5) is 8.43. The topological polar surface area (TPSA) is 112 Å². The molecule has 1 fully saturated rings. The van der Waals surface area contributed by atoms with E-state index in [9.17, 15) is 17.2 Å². The molecule has 176 valence electrons. The number of ether oxygens (including phenoxy) is 1. The molecular weight excluding hydrogens is 454 g/mol. The second-order valence-electron chi connectivity index (χ2n) is 8.11. The summed E-state index contributed by atoms with van der Waals surface area (Å²) in [5.74, 6) is -2.31. The number of halogens is 2. The zero-order valence-corrected chi connectivity index (χ0v) is 19.2. The molecule has 1 aliphatic rings. The number of nitrogens with zero attached hydrogens (tertiary/aromatic N) is 5. The number of para-hydroxylation sites is 1. The third kappa shape index (κ3) is 4.58. The first kappa shape index (κ1) is 23.2. The maximum absolute atomic E-state index is 14.7. The van der Waals surface area contributed by atoms with E-state index in [4.69, 9.17) is 4.74 Å². The molecule has 0 aliphatic carbocycles. The van der Waals surface area contributed by atoms with Gasteiger partial charge in [0.05, 0.1) is 11.9 Å². The van der Waals surface area contributed by atoms with E-state index in [0.29, 0.717) is 25.5 Å². The smallest absolute Gasteiger partial charge is 0.243 e. The molecule has 1 saturated heterocycles. The fourth-order valence-corrected chi connectivity index (χ4v) is 4.86. The van der Waals surface area contributed by atoms with Crippen LogP contribution in [0.15, 0.2) is 30.6 Å². The summed E-state index contributed by atoms with van der Waals surface area (Å²) < 4.78 is 64.6. The predicted octanol–water partition coefficient (Wildman–Crippen LogP) is 3.08. The number of nitrogens with one attached hydrogen (secondary N) is 1. The van der Waals surface area contributed by atoms with Gasteiger partial charge in [0.25, 0.3) is 0 Å². The minimum absolute atomic E-state index is 0.219. The van der Waals surface area contributed by atoms with Gasteiger partial charge in [-0.3, -0.25) is 9.29 Å². The van der Waals surface area contributed by atoms with Gasteiger partial charge in [0, 0.05) is 30.8 Å². The lowest BCUT2D eigenvalue weighted by Crippen LogP contribution is -2.31. The van der Waals surface area contributed by atoms with Crippen LogP contribution < -0.4 is 4.72 Å². The first-order chi connectivity index (χ1) is 15.7. The highest BCUT2D eigenvalue weighted by Gasteiger charge is 2.34. The Kier molecular flexibility index (Phi) is 6.39. The van der Waals surface area contributed by atoms with Crippen molar-refractivity contribution in [3.05, 3.63) is 59.4 Å². The van der Waals surface area contributed by atoms with Gasteiger partial charge in [-0.15, -0.1) is 10.2 Å². The van der Waals surface area contributed by atoms with Crippen LogP contribution in [0.5, 0.6) is 0 Å². The zero-order chi connectivity index (χ0) is 23.8. The number of anilines is 1. The number of aromatic nitrogens is 5. The first-order valence-corrected chi connectivity index (χ1v) is 12.0. The van der Waals surface area contributed by atoms with Crippen LogP contribution in [0.25, 0.3) is 5.69 Å². The van der Waals surface area contributed by atoms with Gasteiger partial charge in [0.15, 0.2) is 0 Å². The molecule has 33 heavy (non-hydrogen) atoms. The van der Waals surface area contributed by atoms with Gasteiger partial charge >= 0.3 is 0 Å². The molecule has 2 unspecified atom stereocenters. The van der Waals surface area contributed by atoms with Crippen molar-refractivity contribution < 1.29 is 21.9 Å². The van der Waals surface area contributed by atoms with Crippen LogP contribution in [-0.2, 0) is 14.8 Å². The minimum Gasteiger partial charge on any atom is -0.381 e. The molecule has 0 amide bonds. The largest absolute Gasteiger partial charge is 0.381 e. The zero-order valence-electron chi connectivity index (χ0n) is 18.4. The molecule has 3 aromatic rings. The van der Waals surface area contributed by atoms with Crippen molar-refractivity contribution in [2.75, 3.05) is 17.9 Å². The van der Waals surface area contributed by atoms with Crippen LogP contribution >= 0.6 is 0 Å². The Morgan fingerprint density at radius 3 is 2.42 bits per heavy atom. The molecule has 12 heteroatoms. The van der Waals surface area contributed by atoms with Crippen LogP contribution in [0.4, 0.5) is 14.7 Å². The van der Waals surface area contributed by atoms with Gasteiger partial charge in [0.1, 0.15) is 29.0 Å². The molecule has 1 aliphatic heterocycles. The van der Waals surface area contributed by atoms with Crippen molar-refractivity contribution in [1.29, 1.82) is 0 Å². The van der Waals surface area contributed by atoms with Crippen molar-refractivity contribution in [3.63, 3.8) is 0 Å². The summed E-state index contributed by atoms with van der Waals surface area (Å²) in [6.45, 7) is 5.78. The highest BCUT2D eigenvalue weighted by atomic mass is 32.2. The first-order valence-electron chi connectivity index (χ1n) is 10.5. The summed E-state index contributed by atoms with van der Waals surface area (Å²) in [5, 5.41) is 7.02. The van der Waals surface area contributed by atoms with Crippen molar-refractivity contribution in [2.45, 2.75) is 44.3 Å². The maximum atomic E-state index is 14.7. The molecule has 0 spiro atoms. The second-order valence-corrected chi connectivity index (χ2v) is 10.1. The number of benzene rings is 1. The fraction of sp³-hybridized carbons (Fsp3) is 0.429. The summed E-state index contributed by atoms with van der Waals surface area (Å²) >= 11 is 0. The van der Waals surface area contributed by atoms with E-state index in [1.54, 1.807) is 19.3 Å². The summed E-state index contributed by atoms with van der Waals surface area (Å²) in [5.41, 5.74) is 0.396. The molecule has 1 N–H and O–H groups in total. The monoisotopic (exact) mass is 478 g/mol. The number of hydrogen-bond acceptors (Lipinski definition) is 7. The second kappa shape index (κ2) is 9.10. The number of aryl methyl sites for hydroxylation is 1. The highest BCUT2D eigenvalue weighted by molar-refractivity contribution is 7.93. The van der Waals surface area contributed by atoms with Crippen molar-refractivity contribution in [1.82, 2.24) is 24.7 Å². The summed E-state index contributed by atoms with van der Waals surface area (Å²) in [6.07, 6.45) is 3.79. The Labute approximate surface area is 190 Å². The van der Waals surface area contributed by atoms with Gasteiger partial charge in [0.2, 0.25) is 16.0 Å². The Morgan fingerprint density at radius 1 is 1.15 bits per heavy atom. The van der Waals surface area contributed by atoms with Crippen LogP contribution in [0.3, 0.4) is 0 Å². The van der Waals surface area contributed by atoms with Crippen LogP contribution in [0, 0.1) is 18.6 Å². The number of rotatable bonds is 7. The molecule has 2 aromatic heterocycles. The normalized spacial score (nSPS) is 18.3. The summed E-state index contributed by atoms with van der Waals surface area (Å²) in [6, 6.07) is 3.40.